The van der Waals surface area contributed by atoms with Crippen molar-refractivity contribution < 1.29 is 28.0 Å². The number of furan rings is 2. The number of imide groups is 2. The summed E-state index contributed by atoms with van der Waals surface area (Å²) in [6, 6.07) is 12.2. The molecule has 4 bridgehead atoms. The minimum Gasteiger partial charge on any atom is -0.455 e. The van der Waals surface area contributed by atoms with Crippen molar-refractivity contribution in [1.82, 2.24) is 10.0 Å². The van der Waals surface area contributed by atoms with Crippen molar-refractivity contribution in [2.24, 2.45) is 0 Å². The van der Waals surface area contributed by atoms with Gasteiger partial charge >= 0.3 is 11.8 Å². The molecule has 4 amide bonds. The molecule has 0 radical (unpaired) electrons. The highest BCUT2D eigenvalue weighted by atomic mass is 32.2. The molecule has 144 valence electrons. The molecule has 0 saturated carbocycles. The summed E-state index contributed by atoms with van der Waals surface area (Å²) in [4.78, 5) is 52.1. The highest BCUT2D eigenvalue weighted by molar-refractivity contribution is 7.97. The summed E-state index contributed by atoms with van der Waals surface area (Å²) < 4.78 is 11.1. The van der Waals surface area contributed by atoms with Crippen LogP contribution in [0.4, 0.5) is 0 Å². The largest absolute Gasteiger partial charge is 0.455 e. The van der Waals surface area contributed by atoms with E-state index >= 15 is 0 Å². The first-order valence-corrected chi connectivity index (χ1v) is 9.82. The summed E-state index contributed by atoms with van der Waals surface area (Å²) in [5, 5.41) is 1.03. The van der Waals surface area contributed by atoms with E-state index in [1.165, 1.54) is 36.0 Å². The number of carbonyl (C=O) groups is 4. The Morgan fingerprint density at radius 2 is 1.07 bits per heavy atom. The minimum absolute atomic E-state index is 0.112. The lowest BCUT2D eigenvalue weighted by Gasteiger charge is -2.26. The van der Waals surface area contributed by atoms with E-state index in [-0.39, 0.29) is 22.6 Å². The minimum atomic E-state index is -0.931. The summed E-state index contributed by atoms with van der Waals surface area (Å²) >= 11 is 1.50. The van der Waals surface area contributed by atoms with E-state index in [1.54, 1.807) is 24.3 Å². The molecule has 8 nitrogen and oxygen atoms in total. The zero-order chi connectivity index (χ0) is 20.1. The molecular formula is C20H12N2O6S. The number of fused-ring (bicyclic) bond motifs is 5. The Labute approximate surface area is 168 Å². The van der Waals surface area contributed by atoms with Gasteiger partial charge in [-0.25, -0.2) is 0 Å². The highest BCUT2D eigenvalue weighted by Gasteiger charge is 2.46. The third kappa shape index (κ3) is 2.70. The molecule has 1 aromatic carbocycles. The third-order valence-corrected chi connectivity index (χ3v) is 5.57. The maximum atomic E-state index is 13.2. The van der Waals surface area contributed by atoms with Gasteiger partial charge in [-0.15, -0.1) is 11.8 Å². The fourth-order valence-corrected chi connectivity index (χ4v) is 4.05. The van der Waals surface area contributed by atoms with Crippen molar-refractivity contribution in [2.75, 3.05) is 0 Å². The number of carbonyl (C=O) groups excluding carboxylic acids is 4. The van der Waals surface area contributed by atoms with Crippen LogP contribution in [0.15, 0.2) is 57.4 Å². The molecule has 0 atom stereocenters. The number of amides is 4. The van der Waals surface area contributed by atoms with E-state index in [1.807, 2.05) is 0 Å². The first-order valence-electron chi connectivity index (χ1n) is 8.66. The number of rotatable bonds is 1. The van der Waals surface area contributed by atoms with Crippen LogP contribution >= 0.6 is 11.8 Å². The Balaban J connectivity index is 1.65. The number of benzene rings is 1. The Morgan fingerprint density at radius 1 is 0.621 bits per heavy atom. The van der Waals surface area contributed by atoms with Crippen molar-refractivity contribution in [3.8, 4) is 0 Å². The summed E-state index contributed by atoms with van der Waals surface area (Å²) in [5.41, 5.74) is 0.224. The molecule has 2 aliphatic rings. The van der Waals surface area contributed by atoms with E-state index in [0.29, 0.717) is 33.0 Å². The average molecular weight is 408 g/mol. The molecule has 0 aliphatic carbocycles. The maximum absolute atomic E-state index is 13.2. The zero-order valence-electron chi connectivity index (χ0n) is 14.8. The van der Waals surface area contributed by atoms with Crippen LogP contribution in [-0.4, -0.2) is 33.6 Å². The summed E-state index contributed by atoms with van der Waals surface area (Å²) in [6.45, 7) is 0. The molecule has 3 aromatic rings. The second-order valence-electron chi connectivity index (χ2n) is 6.41. The molecule has 2 aromatic heterocycles. The monoisotopic (exact) mass is 408 g/mol. The molecule has 0 unspecified atom stereocenters. The van der Waals surface area contributed by atoms with Gasteiger partial charge in [0.05, 0.1) is 22.6 Å². The average Bonchev–Trinajstić information content (AvgIpc) is 3.44. The quantitative estimate of drug-likeness (QED) is 0.570. The van der Waals surface area contributed by atoms with Gasteiger partial charge in [-0.1, -0.05) is 12.1 Å². The first-order chi connectivity index (χ1) is 14.0. The van der Waals surface area contributed by atoms with Gasteiger partial charge in [0.25, 0.3) is 11.8 Å². The van der Waals surface area contributed by atoms with Gasteiger partial charge < -0.3 is 8.83 Å². The second kappa shape index (κ2) is 6.49. The van der Waals surface area contributed by atoms with Gasteiger partial charge in [-0.2, -0.15) is 10.0 Å². The number of hydrazine groups is 1. The predicted octanol–water partition coefficient (Wildman–Crippen LogP) is 3.11. The van der Waals surface area contributed by atoms with E-state index in [9.17, 15) is 19.2 Å². The Morgan fingerprint density at radius 3 is 1.55 bits per heavy atom. The fraction of sp³-hybridized carbons (Fsp3) is 0.100. The van der Waals surface area contributed by atoms with Crippen LogP contribution in [0.25, 0.3) is 0 Å². The highest BCUT2D eigenvalue weighted by Crippen LogP contribution is 2.29. The van der Waals surface area contributed by atoms with Gasteiger partial charge in [0.1, 0.15) is 11.5 Å². The number of hydrogen-bond acceptors (Lipinski definition) is 7. The third-order valence-electron chi connectivity index (χ3n) is 4.59. The number of thioether (sulfide) groups is 1. The van der Waals surface area contributed by atoms with Crippen LogP contribution in [0.2, 0.25) is 0 Å². The van der Waals surface area contributed by atoms with Crippen LogP contribution < -0.4 is 0 Å². The second-order valence-corrected chi connectivity index (χ2v) is 7.40. The van der Waals surface area contributed by atoms with Crippen molar-refractivity contribution >= 4 is 35.4 Å². The van der Waals surface area contributed by atoms with Gasteiger partial charge in [0, 0.05) is 0 Å². The van der Waals surface area contributed by atoms with Crippen molar-refractivity contribution in [3.63, 3.8) is 0 Å². The summed E-state index contributed by atoms with van der Waals surface area (Å²) in [5.74, 6) is -1.67. The lowest BCUT2D eigenvalue weighted by atomic mass is 10.1. The fourth-order valence-electron chi connectivity index (χ4n) is 3.23. The van der Waals surface area contributed by atoms with Gasteiger partial charge in [0.2, 0.25) is 0 Å². The van der Waals surface area contributed by atoms with Gasteiger partial charge in [-0.3, -0.25) is 19.2 Å². The molecule has 29 heavy (non-hydrogen) atoms. The molecule has 2 aliphatic heterocycles. The summed E-state index contributed by atoms with van der Waals surface area (Å²) in [6.07, 6.45) is 0. The predicted molar refractivity (Wildman–Crippen MR) is 99.9 cm³/mol. The van der Waals surface area contributed by atoms with Crippen LogP contribution in [0.1, 0.15) is 53.3 Å². The van der Waals surface area contributed by atoms with Crippen molar-refractivity contribution in [2.45, 2.75) is 11.5 Å². The van der Waals surface area contributed by atoms with Crippen molar-refractivity contribution in [1.29, 1.82) is 0 Å². The Kier molecular flexibility index (Phi) is 3.92. The molecule has 0 saturated heterocycles. The molecule has 4 heterocycles. The van der Waals surface area contributed by atoms with Crippen LogP contribution in [0, 0.1) is 0 Å². The standard InChI is InChI=1S/C20H12N2O6S/c23-17-13-3-1-2-4-14(13)18(24)21(17)22-19(25)15-7-5-11(27-15)9-29-10-12-6-8-16(28-12)20(22)26/h1-8H,9-10H2. The smallest absolute Gasteiger partial charge is 0.316 e. The molecule has 0 N–H and O–H groups in total. The van der Waals surface area contributed by atoms with E-state index in [0.717, 1.165) is 0 Å². The molecular weight excluding hydrogens is 396 g/mol. The van der Waals surface area contributed by atoms with Crippen LogP contribution in [0.3, 0.4) is 0 Å². The number of nitrogens with zero attached hydrogens (tertiary/aromatic N) is 2. The van der Waals surface area contributed by atoms with E-state index < -0.39 is 23.6 Å². The normalized spacial score (nSPS) is 16.7. The topological polar surface area (TPSA) is 101 Å². The summed E-state index contributed by atoms with van der Waals surface area (Å²) in [7, 11) is 0. The van der Waals surface area contributed by atoms with E-state index in [4.69, 9.17) is 8.83 Å². The van der Waals surface area contributed by atoms with Gasteiger partial charge in [0.15, 0.2) is 11.5 Å². The first kappa shape index (κ1) is 17.5. The molecule has 5 rings (SSSR count). The van der Waals surface area contributed by atoms with Crippen molar-refractivity contribution in [3.05, 3.63) is 82.7 Å². The maximum Gasteiger partial charge on any atom is 0.316 e. The van der Waals surface area contributed by atoms with Crippen LogP contribution in [0.5, 0.6) is 0 Å². The molecule has 0 spiro atoms. The molecule has 0 fully saturated rings. The Hall–Kier alpha value is -3.59. The lowest BCUT2D eigenvalue weighted by Crippen LogP contribution is -2.52. The van der Waals surface area contributed by atoms with E-state index in [2.05, 4.69) is 0 Å². The molecule has 9 heteroatoms. The lowest BCUT2D eigenvalue weighted by molar-refractivity contribution is 0.00308. The van der Waals surface area contributed by atoms with Crippen LogP contribution in [-0.2, 0) is 11.5 Å². The zero-order valence-corrected chi connectivity index (χ0v) is 15.6. The Bertz CT molecular complexity index is 1100. The van der Waals surface area contributed by atoms with Gasteiger partial charge in [-0.05, 0) is 36.4 Å². The number of hydrogen-bond donors (Lipinski definition) is 0. The SMILES string of the molecule is O=C1c2ccc(o2)CSCc2ccc(o2)C(=O)N1N1C(=O)c2ccccc2C1=O.